The molecule has 0 heterocycles. The Hall–Kier alpha value is -1.16. The summed E-state index contributed by atoms with van der Waals surface area (Å²) in [7, 11) is 0. The normalized spacial score (nSPS) is 13.0. The highest BCUT2D eigenvalue weighted by molar-refractivity contribution is 5.36. The van der Waals surface area contributed by atoms with Crippen molar-refractivity contribution in [3.8, 4) is 5.75 Å². The molecule has 0 amide bonds. The number of rotatable bonds is 8. The van der Waals surface area contributed by atoms with Gasteiger partial charge in [-0.05, 0) is 31.4 Å². The largest absolute Gasteiger partial charge is 0.434 e. The summed E-state index contributed by atoms with van der Waals surface area (Å²) in [5.74, 6) is 0.751. The standard InChI is InChI=1S/C15H23F2NO/c1-4-9-18-13(10-11(2)3)12-7-5-6-8-14(12)19-15(16)17/h5-8,11,13,15,18H,4,9-10H2,1-3H3. The minimum Gasteiger partial charge on any atom is -0.434 e. The molecule has 1 N–H and O–H groups in total. The zero-order valence-electron chi connectivity index (χ0n) is 11.8. The predicted molar refractivity (Wildman–Crippen MR) is 73.6 cm³/mol. The van der Waals surface area contributed by atoms with Crippen molar-refractivity contribution in [1.82, 2.24) is 5.32 Å². The Morgan fingerprint density at radius 2 is 1.89 bits per heavy atom. The maximum Gasteiger partial charge on any atom is 0.387 e. The average Bonchev–Trinajstić information content (AvgIpc) is 2.34. The molecule has 1 atom stereocenters. The first-order valence-electron chi connectivity index (χ1n) is 6.81. The molecule has 0 spiro atoms. The highest BCUT2D eigenvalue weighted by atomic mass is 19.3. The van der Waals surface area contributed by atoms with Crippen LogP contribution < -0.4 is 10.1 Å². The second-order valence-electron chi connectivity index (χ2n) is 5.05. The van der Waals surface area contributed by atoms with Gasteiger partial charge in [-0.3, -0.25) is 0 Å². The summed E-state index contributed by atoms with van der Waals surface area (Å²) in [6, 6.07) is 7.08. The van der Waals surface area contributed by atoms with Crippen molar-refractivity contribution < 1.29 is 13.5 Å². The molecule has 0 aromatic heterocycles. The van der Waals surface area contributed by atoms with E-state index in [9.17, 15) is 8.78 Å². The lowest BCUT2D eigenvalue weighted by molar-refractivity contribution is -0.0507. The number of halogens is 2. The van der Waals surface area contributed by atoms with E-state index >= 15 is 0 Å². The highest BCUT2D eigenvalue weighted by Crippen LogP contribution is 2.30. The second-order valence-corrected chi connectivity index (χ2v) is 5.05. The van der Waals surface area contributed by atoms with Crippen LogP contribution in [0.15, 0.2) is 24.3 Å². The first-order valence-corrected chi connectivity index (χ1v) is 6.81. The summed E-state index contributed by atoms with van der Waals surface area (Å²) < 4.78 is 29.5. The number of nitrogens with one attached hydrogen (secondary N) is 1. The molecule has 0 aliphatic rings. The maximum absolute atomic E-state index is 12.4. The molecule has 0 fully saturated rings. The topological polar surface area (TPSA) is 21.3 Å². The van der Waals surface area contributed by atoms with Gasteiger partial charge >= 0.3 is 6.61 Å². The van der Waals surface area contributed by atoms with Crippen molar-refractivity contribution in [3.63, 3.8) is 0 Å². The zero-order chi connectivity index (χ0) is 14.3. The minimum absolute atomic E-state index is 0.0508. The summed E-state index contributed by atoms with van der Waals surface area (Å²) in [6.07, 6.45) is 1.90. The first kappa shape index (κ1) is 15.9. The van der Waals surface area contributed by atoms with Gasteiger partial charge in [0.1, 0.15) is 5.75 Å². The molecule has 0 saturated carbocycles. The SMILES string of the molecule is CCCNC(CC(C)C)c1ccccc1OC(F)F. The van der Waals surface area contributed by atoms with Gasteiger partial charge < -0.3 is 10.1 Å². The maximum atomic E-state index is 12.4. The number of para-hydroxylation sites is 1. The van der Waals surface area contributed by atoms with Crippen LogP contribution >= 0.6 is 0 Å². The Kier molecular flexibility index (Phi) is 6.78. The van der Waals surface area contributed by atoms with Gasteiger partial charge in [0.25, 0.3) is 0 Å². The van der Waals surface area contributed by atoms with Crippen molar-refractivity contribution in [3.05, 3.63) is 29.8 Å². The Labute approximate surface area is 114 Å². The molecule has 0 radical (unpaired) electrons. The lowest BCUT2D eigenvalue weighted by Crippen LogP contribution is -2.24. The van der Waals surface area contributed by atoms with Gasteiger partial charge in [0.05, 0.1) is 0 Å². The number of hydrogen-bond acceptors (Lipinski definition) is 2. The van der Waals surface area contributed by atoms with Gasteiger partial charge in [-0.15, -0.1) is 0 Å². The van der Waals surface area contributed by atoms with Crippen LogP contribution in [0.3, 0.4) is 0 Å². The van der Waals surface area contributed by atoms with E-state index in [4.69, 9.17) is 0 Å². The van der Waals surface area contributed by atoms with E-state index in [0.29, 0.717) is 5.92 Å². The molecule has 1 aromatic carbocycles. The van der Waals surface area contributed by atoms with Crippen molar-refractivity contribution in [2.45, 2.75) is 46.3 Å². The van der Waals surface area contributed by atoms with Gasteiger partial charge in [0.15, 0.2) is 0 Å². The minimum atomic E-state index is -2.79. The van der Waals surface area contributed by atoms with Gasteiger partial charge in [-0.2, -0.15) is 8.78 Å². The summed E-state index contributed by atoms with van der Waals surface area (Å²) in [5, 5.41) is 3.41. The average molecular weight is 271 g/mol. The molecule has 0 bridgehead atoms. The third-order valence-electron chi connectivity index (χ3n) is 2.86. The Morgan fingerprint density at radius 3 is 2.47 bits per heavy atom. The fourth-order valence-corrected chi connectivity index (χ4v) is 2.08. The van der Waals surface area contributed by atoms with E-state index in [2.05, 4.69) is 30.8 Å². The van der Waals surface area contributed by atoms with E-state index in [0.717, 1.165) is 24.9 Å². The Morgan fingerprint density at radius 1 is 1.21 bits per heavy atom. The second kappa shape index (κ2) is 8.10. The lowest BCUT2D eigenvalue weighted by atomic mass is 9.96. The van der Waals surface area contributed by atoms with E-state index in [1.54, 1.807) is 12.1 Å². The number of ether oxygens (including phenoxy) is 1. The summed E-state index contributed by atoms with van der Waals surface area (Å²) in [5.41, 5.74) is 0.810. The molecule has 0 saturated heterocycles. The van der Waals surface area contributed by atoms with Crippen LogP contribution in [0.1, 0.15) is 45.2 Å². The third-order valence-corrected chi connectivity index (χ3v) is 2.86. The first-order chi connectivity index (χ1) is 9.04. The molecular weight excluding hydrogens is 248 g/mol. The van der Waals surface area contributed by atoms with Crippen molar-refractivity contribution >= 4 is 0 Å². The van der Waals surface area contributed by atoms with Gasteiger partial charge in [-0.25, -0.2) is 0 Å². The number of hydrogen-bond donors (Lipinski definition) is 1. The Balaban J connectivity index is 2.92. The van der Waals surface area contributed by atoms with Gasteiger partial charge in [0, 0.05) is 11.6 Å². The summed E-state index contributed by atoms with van der Waals surface area (Å²) in [4.78, 5) is 0. The molecule has 19 heavy (non-hydrogen) atoms. The summed E-state index contributed by atoms with van der Waals surface area (Å²) >= 11 is 0. The van der Waals surface area contributed by atoms with E-state index in [1.807, 2.05) is 12.1 Å². The van der Waals surface area contributed by atoms with Crippen LogP contribution in [0.4, 0.5) is 8.78 Å². The monoisotopic (exact) mass is 271 g/mol. The molecule has 2 nitrogen and oxygen atoms in total. The third kappa shape index (κ3) is 5.55. The summed E-state index contributed by atoms with van der Waals surface area (Å²) in [6.45, 7) is 4.41. The Bertz CT molecular complexity index is 369. The zero-order valence-corrected chi connectivity index (χ0v) is 11.8. The molecule has 1 aromatic rings. The molecule has 1 unspecified atom stereocenters. The quantitative estimate of drug-likeness (QED) is 0.758. The highest BCUT2D eigenvalue weighted by Gasteiger charge is 2.18. The smallest absolute Gasteiger partial charge is 0.387 e. The van der Waals surface area contributed by atoms with Crippen LogP contribution in [-0.2, 0) is 0 Å². The van der Waals surface area contributed by atoms with E-state index in [1.165, 1.54) is 0 Å². The number of alkyl halides is 2. The van der Waals surface area contributed by atoms with Crippen LogP contribution in [0.25, 0.3) is 0 Å². The van der Waals surface area contributed by atoms with Crippen molar-refractivity contribution in [2.75, 3.05) is 6.54 Å². The lowest BCUT2D eigenvalue weighted by Gasteiger charge is -2.23. The van der Waals surface area contributed by atoms with Gasteiger partial charge in [0.2, 0.25) is 0 Å². The molecule has 108 valence electrons. The fourth-order valence-electron chi connectivity index (χ4n) is 2.08. The van der Waals surface area contributed by atoms with Crippen LogP contribution in [0.2, 0.25) is 0 Å². The van der Waals surface area contributed by atoms with Crippen LogP contribution in [0.5, 0.6) is 5.75 Å². The van der Waals surface area contributed by atoms with Crippen molar-refractivity contribution in [1.29, 1.82) is 0 Å². The molecule has 1 rings (SSSR count). The fraction of sp³-hybridized carbons (Fsp3) is 0.600. The van der Waals surface area contributed by atoms with Crippen molar-refractivity contribution in [2.24, 2.45) is 5.92 Å². The van der Waals surface area contributed by atoms with E-state index < -0.39 is 6.61 Å². The predicted octanol–water partition coefficient (Wildman–Crippen LogP) is 4.37. The molecular formula is C15H23F2NO. The molecule has 0 aliphatic carbocycles. The van der Waals surface area contributed by atoms with Crippen LogP contribution in [0, 0.1) is 5.92 Å². The van der Waals surface area contributed by atoms with E-state index in [-0.39, 0.29) is 11.8 Å². The number of benzene rings is 1. The molecule has 0 aliphatic heterocycles. The van der Waals surface area contributed by atoms with Crippen LogP contribution in [-0.4, -0.2) is 13.2 Å². The molecule has 4 heteroatoms. The van der Waals surface area contributed by atoms with Gasteiger partial charge in [-0.1, -0.05) is 39.0 Å².